The first-order chi connectivity index (χ1) is 6.22. The molecule has 1 atom stereocenters. The molecule has 1 nitrogen and oxygen atoms in total. The SMILES string of the molecule is CCCC(N)Cc1cccc(C)c1. The van der Waals surface area contributed by atoms with Crippen LogP contribution in [0, 0.1) is 6.92 Å². The summed E-state index contributed by atoms with van der Waals surface area (Å²) in [5, 5.41) is 0. The summed E-state index contributed by atoms with van der Waals surface area (Å²) in [5.74, 6) is 0. The molecule has 0 aliphatic carbocycles. The van der Waals surface area contributed by atoms with E-state index in [1.165, 1.54) is 17.5 Å². The van der Waals surface area contributed by atoms with Gasteiger partial charge in [0.25, 0.3) is 0 Å². The van der Waals surface area contributed by atoms with Gasteiger partial charge in [0.15, 0.2) is 0 Å². The van der Waals surface area contributed by atoms with Gasteiger partial charge in [-0.3, -0.25) is 0 Å². The quantitative estimate of drug-likeness (QED) is 0.751. The number of benzene rings is 1. The zero-order chi connectivity index (χ0) is 9.68. The second-order valence-corrected chi connectivity index (χ2v) is 3.74. The van der Waals surface area contributed by atoms with Crippen LogP contribution in [0.1, 0.15) is 30.9 Å². The van der Waals surface area contributed by atoms with Crippen molar-refractivity contribution in [2.24, 2.45) is 5.73 Å². The van der Waals surface area contributed by atoms with Crippen molar-refractivity contribution in [2.75, 3.05) is 0 Å². The molecule has 0 saturated carbocycles. The molecule has 1 rings (SSSR count). The minimum Gasteiger partial charge on any atom is -0.327 e. The fourth-order valence-corrected chi connectivity index (χ4v) is 1.61. The maximum Gasteiger partial charge on any atom is 0.00792 e. The second kappa shape index (κ2) is 5.03. The largest absolute Gasteiger partial charge is 0.327 e. The topological polar surface area (TPSA) is 26.0 Å². The van der Waals surface area contributed by atoms with E-state index < -0.39 is 0 Å². The third-order valence-corrected chi connectivity index (χ3v) is 2.24. The predicted molar refractivity (Wildman–Crippen MR) is 57.8 cm³/mol. The molecule has 1 unspecified atom stereocenters. The zero-order valence-electron chi connectivity index (χ0n) is 8.59. The Labute approximate surface area is 81.0 Å². The lowest BCUT2D eigenvalue weighted by Crippen LogP contribution is -2.22. The minimum atomic E-state index is 0.326. The van der Waals surface area contributed by atoms with Crippen molar-refractivity contribution in [3.8, 4) is 0 Å². The molecular weight excluding hydrogens is 158 g/mol. The number of hydrogen-bond donors (Lipinski definition) is 1. The van der Waals surface area contributed by atoms with Gasteiger partial charge in [-0.25, -0.2) is 0 Å². The lowest BCUT2D eigenvalue weighted by Gasteiger charge is -2.10. The summed E-state index contributed by atoms with van der Waals surface area (Å²) in [7, 11) is 0. The normalized spacial score (nSPS) is 12.8. The van der Waals surface area contributed by atoms with Crippen LogP contribution in [0.25, 0.3) is 0 Å². The van der Waals surface area contributed by atoms with Gasteiger partial charge in [0.2, 0.25) is 0 Å². The van der Waals surface area contributed by atoms with Gasteiger partial charge in [-0.15, -0.1) is 0 Å². The Morgan fingerprint density at radius 3 is 2.77 bits per heavy atom. The molecule has 0 aromatic heterocycles. The lowest BCUT2D eigenvalue weighted by molar-refractivity contribution is 0.600. The smallest absolute Gasteiger partial charge is 0.00792 e. The van der Waals surface area contributed by atoms with E-state index in [2.05, 4.69) is 38.1 Å². The van der Waals surface area contributed by atoms with Gasteiger partial charge in [0, 0.05) is 6.04 Å². The molecule has 1 heteroatoms. The maximum absolute atomic E-state index is 5.97. The molecule has 0 aliphatic rings. The monoisotopic (exact) mass is 177 g/mol. The van der Waals surface area contributed by atoms with Crippen LogP contribution in [0.2, 0.25) is 0 Å². The Hall–Kier alpha value is -0.820. The van der Waals surface area contributed by atoms with Gasteiger partial charge in [-0.2, -0.15) is 0 Å². The number of aryl methyl sites for hydroxylation is 1. The van der Waals surface area contributed by atoms with E-state index >= 15 is 0 Å². The van der Waals surface area contributed by atoms with Crippen molar-refractivity contribution in [3.05, 3.63) is 35.4 Å². The minimum absolute atomic E-state index is 0.326. The van der Waals surface area contributed by atoms with Gasteiger partial charge in [-0.05, 0) is 25.3 Å². The molecule has 0 bridgehead atoms. The third-order valence-electron chi connectivity index (χ3n) is 2.24. The summed E-state index contributed by atoms with van der Waals surface area (Å²) >= 11 is 0. The lowest BCUT2D eigenvalue weighted by atomic mass is 10.0. The fraction of sp³-hybridized carbons (Fsp3) is 0.500. The second-order valence-electron chi connectivity index (χ2n) is 3.74. The van der Waals surface area contributed by atoms with Crippen molar-refractivity contribution in [2.45, 2.75) is 39.2 Å². The summed E-state index contributed by atoms with van der Waals surface area (Å²) in [6.07, 6.45) is 3.30. The van der Waals surface area contributed by atoms with E-state index in [0.717, 1.165) is 12.8 Å². The molecule has 0 spiro atoms. The molecule has 0 fully saturated rings. The van der Waals surface area contributed by atoms with Crippen LogP contribution in [-0.4, -0.2) is 6.04 Å². The maximum atomic E-state index is 5.97. The predicted octanol–water partition coefficient (Wildman–Crippen LogP) is 2.66. The van der Waals surface area contributed by atoms with E-state index in [9.17, 15) is 0 Å². The molecule has 0 heterocycles. The highest BCUT2D eigenvalue weighted by Crippen LogP contribution is 2.08. The van der Waals surface area contributed by atoms with Crippen LogP contribution in [-0.2, 0) is 6.42 Å². The number of rotatable bonds is 4. The summed E-state index contributed by atoms with van der Waals surface area (Å²) in [6, 6.07) is 8.92. The van der Waals surface area contributed by atoms with Crippen molar-refractivity contribution < 1.29 is 0 Å². The van der Waals surface area contributed by atoms with Gasteiger partial charge >= 0.3 is 0 Å². The third kappa shape index (κ3) is 3.60. The fourth-order valence-electron chi connectivity index (χ4n) is 1.61. The highest BCUT2D eigenvalue weighted by atomic mass is 14.6. The number of nitrogens with two attached hydrogens (primary N) is 1. The molecule has 0 radical (unpaired) electrons. The van der Waals surface area contributed by atoms with Crippen LogP contribution in [0.3, 0.4) is 0 Å². The standard InChI is InChI=1S/C12H19N/c1-3-5-12(13)9-11-7-4-6-10(2)8-11/h4,6-8,12H,3,5,9,13H2,1-2H3. The van der Waals surface area contributed by atoms with E-state index in [0.29, 0.717) is 6.04 Å². The first-order valence-corrected chi connectivity index (χ1v) is 5.03. The van der Waals surface area contributed by atoms with E-state index in [-0.39, 0.29) is 0 Å². The molecule has 0 amide bonds. The number of hydrogen-bond acceptors (Lipinski definition) is 1. The van der Waals surface area contributed by atoms with Gasteiger partial charge in [0.05, 0.1) is 0 Å². The van der Waals surface area contributed by atoms with Crippen LogP contribution in [0.5, 0.6) is 0 Å². The highest BCUT2D eigenvalue weighted by molar-refractivity contribution is 5.22. The van der Waals surface area contributed by atoms with E-state index in [1.54, 1.807) is 0 Å². The molecular formula is C12H19N. The first-order valence-electron chi connectivity index (χ1n) is 5.03. The Kier molecular flexibility index (Phi) is 3.97. The molecule has 1 aromatic rings. The van der Waals surface area contributed by atoms with Crippen LogP contribution in [0.15, 0.2) is 24.3 Å². The van der Waals surface area contributed by atoms with Gasteiger partial charge in [0.1, 0.15) is 0 Å². The molecule has 2 N–H and O–H groups in total. The summed E-state index contributed by atoms with van der Waals surface area (Å²) in [6.45, 7) is 4.30. The van der Waals surface area contributed by atoms with Gasteiger partial charge < -0.3 is 5.73 Å². The van der Waals surface area contributed by atoms with Crippen LogP contribution in [0.4, 0.5) is 0 Å². The Morgan fingerprint density at radius 1 is 1.38 bits per heavy atom. The Balaban J connectivity index is 2.53. The van der Waals surface area contributed by atoms with E-state index in [4.69, 9.17) is 5.73 Å². The Bertz CT molecular complexity index is 255. The molecule has 72 valence electrons. The van der Waals surface area contributed by atoms with Crippen molar-refractivity contribution >= 4 is 0 Å². The van der Waals surface area contributed by atoms with Crippen molar-refractivity contribution in [3.63, 3.8) is 0 Å². The first kappa shape index (κ1) is 10.3. The molecule has 0 saturated heterocycles. The average Bonchev–Trinajstić information content (AvgIpc) is 2.04. The molecule has 1 aromatic carbocycles. The highest BCUT2D eigenvalue weighted by Gasteiger charge is 2.02. The van der Waals surface area contributed by atoms with Crippen molar-refractivity contribution in [1.82, 2.24) is 0 Å². The molecule has 13 heavy (non-hydrogen) atoms. The molecule has 0 aliphatic heterocycles. The Morgan fingerprint density at radius 2 is 2.15 bits per heavy atom. The summed E-state index contributed by atoms with van der Waals surface area (Å²) in [4.78, 5) is 0. The summed E-state index contributed by atoms with van der Waals surface area (Å²) < 4.78 is 0. The van der Waals surface area contributed by atoms with Crippen LogP contribution < -0.4 is 5.73 Å². The van der Waals surface area contributed by atoms with Gasteiger partial charge in [-0.1, -0.05) is 43.2 Å². The van der Waals surface area contributed by atoms with E-state index in [1.807, 2.05) is 0 Å². The average molecular weight is 177 g/mol. The van der Waals surface area contributed by atoms with Crippen LogP contribution >= 0.6 is 0 Å². The van der Waals surface area contributed by atoms with Crippen molar-refractivity contribution in [1.29, 1.82) is 0 Å². The summed E-state index contributed by atoms with van der Waals surface area (Å²) in [5.41, 5.74) is 8.65. The zero-order valence-corrected chi connectivity index (χ0v) is 8.59.